The van der Waals surface area contributed by atoms with Gasteiger partial charge in [-0.05, 0) is 43.2 Å². The minimum absolute atomic E-state index is 0.0909. The molecule has 1 fully saturated rings. The van der Waals surface area contributed by atoms with E-state index in [-0.39, 0.29) is 17.8 Å². The molecule has 2 aromatic heterocycles. The van der Waals surface area contributed by atoms with Gasteiger partial charge in [0, 0.05) is 11.8 Å². The molecule has 4 rings (SSSR count). The largest absolute Gasteiger partial charge is 0.447 e. The number of cyclic esters (lactones) is 1. The molecule has 3 heterocycles. The monoisotopic (exact) mass is 412 g/mol. The average molecular weight is 412 g/mol. The van der Waals surface area contributed by atoms with E-state index >= 15 is 0 Å². The molecule has 30 heavy (non-hydrogen) atoms. The van der Waals surface area contributed by atoms with Crippen molar-refractivity contribution in [2.24, 2.45) is 5.92 Å². The van der Waals surface area contributed by atoms with Gasteiger partial charge in [0.15, 0.2) is 0 Å². The third kappa shape index (κ3) is 3.93. The quantitative estimate of drug-likeness (QED) is 0.651. The van der Waals surface area contributed by atoms with Crippen LogP contribution in [-0.2, 0) is 4.74 Å². The molecule has 0 bridgehead atoms. The fourth-order valence-electron chi connectivity index (χ4n) is 3.13. The van der Waals surface area contributed by atoms with Gasteiger partial charge in [0.25, 0.3) is 0 Å². The molecule has 1 N–H and O–H groups in total. The first-order chi connectivity index (χ1) is 14.4. The molecule has 2 atom stereocenters. The predicted molar refractivity (Wildman–Crippen MR) is 106 cm³/mol. The van der Waals surface area contributed by atoms with Crippen LogP contribution < -0.4 is 10.2 Å². The lowest BCUT2D eigenvalue weighted by Crippen LogP contribution is -2.37. The number of aromatic nitrogens is 4. The normalized spacial score (nSPS) is 17.3. The first kappa shape index (κ1) is 19.7. The summed E-state index contributed by atoms with van der Waals surface area (Å²) in [5, 5.41) is 7.04. The van der Waals surface area contributed by atoms with Crippen molar-refractivity contribution in [2.75, 3.05) is 16.8 Å². The van der Waals surface area contributed by atoms with E-state index in [1.807, 2.05) is 20.8 Å². The summed E-state index contributed by atoms with van der Waals surface area (Å²) in [5.74, 6) is 1.32. The first-order valence-corrected chi connectivity index (χ1v) is 9.57. The number of nitrogens with zero attached hydrogens (tertiary/aromatic N) is 5. The standard InChI is InChI=1S/C20H21FN6O3/c1-11(2)15-10-29-20(28)27(15)16-8-9-22-19(24-16)23-12(3)18-25-17(26-30-18)13-4-6-14(21)7-5-13/h4-9,11-12,15H,10H2,1-3H3,(H,22,23,24)/t12-,15+/m0/s1. The molecule has 156 valence electrons. The van der Waals surface area contributed by atoms with Gasteiger partial charge in [0.2, 0.25) is 17.7 Å². The maximum atomic E-state index is 13.1. The summed E-state index contributed by atoms with van der Waals surface area (Å²) in [5.41, 5.74) is 0.643. The van der Waals surface area contributed by atoms with Crippen molar-refractivity contribution in [3.8, 4) is 11.4 Å². The van der Waals surface area contributed by atoms with Gasteiger partial charge in [-0.1, -0.05) is 19.0 Å². The third-order valence-corrected chi connectivity index (χ3v) is 4.82. The van der Waals surface area contributed by atoms with E-state index in [1.165, 1.54) is 12.1 Å². The zero-order valence-electron chi connectivity index (χ0n) is 16.7. The Morgan fingerprint density at radius 2 is 1.93 bits per heavy atom. The van der Waals surface area contributed by atoms with Crippen molar-refractivity contribution in [3.05, 3.63) is 48.2 Å². The Kier molecular flexibility index (Phi) is 5.30. The molecule has 10 heteroatoms. The molecule has 1 aromatic carbocycles. The van der Waals surface area contributed by atoms with E-state index in [4.69, 9.17) is 9.26 Å². The van der Waals surface area contributed by atoms with Gasteiger partial charge in [-0.3, -0.25) is 4.90 Å². The van der Waals surface area contributed by atoms with Crippen LogP contribution >= 0.6 is 0 Å². The van der Waals surface area contributed by atoms with Gasteiger partial charge < -0.3 is 14.6 Å². The van der Waals surface area contributed by atoms with Crippen LogP contribution in [0.4, 0.5) is 21.0 Å². The number of nitrogens with one attached hydrogen (secondary N) is 1. The molecule has 0 radical (unpaired) electrons. The maximum absolute atomic E-state index is 13.1. The summed E-state index contributed by atoms with van der Waals surface area (Å²) < 4.78 is 23.6. The lowest BCUT2D eigenvalue weighted by molar-refractivity contribution is 0.177. The van der Waals surface area contributed by atoms with Crippen molar-refractivity contribution in [1.29, 1.82) is 0 Å². The number of anilines is 2. The number of carbonyl (C=O) groups excluding carboxylic acids is 1. The van der Waals surface area contributed by atoms with Crippen LogP contribution in [0.1, 0.15) is 32.7 Å². The molecular formula is C20H21FN6O3. The molecule has 9 nitrogen and oxygen atoms in total. The lowest BCUT2D eigenvalue weighted by atomic mass is 10.0. The van der Waals surface area contributed by atoms with Crippen molar-refractivity contribution in [3.63, 3.8) is 0 Å². The van der Waals surface area contributed by atoms with Crippen LogP contribution in [0.15, 0.2) is 41.1 Å². The number of amides is 1. The topological polar surface area (TPSA) is 106 Å². The summed E-state index contributed by atoms with van der Waals surface area (Å²) in [6.07, 6.45) is 1.14. The second-order valence-corrected chi connectivity index (χ2v) is 7.33. The summed E-state index contributed by atoms with van der Waals surface area (Å²) in [7, 11) is 0. The molecule has 0 aliphatic carbocycles. The van der Waals surface area contributed by atoms with E-state index in [9.17, 15) is 9.18 Å². The highest BCUT2D eigenvalue weighted by Crippen LogP contribution is 2.27. The zero-order valence-corrected chi connectivity index (χ0v) is 16.7. The SMILES string of the molecule is CC(C)[C@H]1COC(=O)N1c1ccnc(N[C@@H](C)c2nc(-c3ccc(F)cc3)no2)n1. The third-order valence-electron chi connectivity index (χ3n) is 4.82. The smallest absolute Gasteiger partial charge is 0.415 e. The highest BCUT2D eigenvalue weighted by atomic mass is 19.1. The number of benzene rings is 1. The van der Waals surface area contributed by atoms with Gasteiger partial charge in [-0.2, -0.15) is 9.97 Å². The number of hydrogen-bond donors (Lipinski definition) is 1. The van der Waals surface area contributed by atoms with Gasteiger partial charge in [-0.15, -0.1) is 0 Å². The molecule has 1 aliphatic rings. The molecule has 0 unspecified atom stereocenters. The minimum Gasteiger partial charge on any atom is -0.447 e. The Balaban J connectivity index is 1.50. The summed E-state index contributed by atoms with van der Waals surface area (Å²) >= 11 is 0. The molecule has 1 saturated heterocycles. The van der Waals surface area contributed by atoms with E-state index < -0.39 is 12.1 Å². The molecule has 3 aromatic rings. The Morgan fingerprint density at radius 3 is 2.67 bits per heavy atom. The van der Waals surface area contributed by atoms with Crippen LogP contribution in [0, 0.1) is 11.7 Å². The number of hydrogen-bond acceptors (Lipinski definition) is 8. The predicted octanol–water partition coefficient (Wildman–Crippen LogP) is 3.82. The molecule has 0 saturated carbocycles. The molecule has 1 amide bonds. The van der Waals surface area contributed by atoms with Crippen molar-refractivity contribution in [1.82, 2.24) is 20.1 Å². The zero-order chi connectivity index (χ0) is 21.3. The summed E-state index contributed by atoms with van der Waals surface area (Å²) in [6, 6.07) is 7.00. The second kappa shape index (κ2) is 8.05. The Bertz CT molecular complexity index is 1040. The van der Waals surface area contributed by atoms with Gasteiger partial charge in [0.05, 0.1) is 6.04 Å². The van der Waals surface area contributed by atoms with Crippen molar-refractivity contribution >= 4 is 17.9 Å². The molecule has 1 aliphatic heterocycles. The lowest BCUT2D eigenvalue weighted by Gasteiger charge is -2.23. The number of ether oxygens (including phenoxy) is 1. The van der Waals surface area contributed by atoms with Gasteiger partial charge >= 0.3 is 6.09 Å². The number of carbonyl (C=O) groups is 1. The fourth-order valence-corrected chi connectivity index (χ4v) is 3.13. The fraction of sp³-hybridized carbons (Fsp3) is 0.350. The minimum atomic E-state index is -0.424. The highest BCUT2D eigenvalue weighted by molar-refractivity contribution is 5.89. The first-order valence-electron chi connectivity index (χ1n) is 9.57. The van der Waals surface area contributed by atoms with Crippen LogP contribution in [0.3, 0.4) is 0 Å². The van der Waals surface area contributed by atoms with Crippen LogP contribution in [-0.4, -0.2) is 38.9 Å². The molecular weight excluding hydrogens is 391 g/mol. The van der Waals surface area contributed by atoms with E-state index in [2.05, 4.69) is 25.4 Å². The van der Waals surface area contributed by atoms with E-state index in [0.717, 1.165) is 0 Å². The second-order valence-electron chi connectivity index (χ2n) is 7.33. The van der Waals surface area contributed by atoms with E-state index in [1.54, 1.807) is 29.3 Å². The Hall–Kier alpha value is -3.56. The van der Waals surface area contributed by atoms with Crippen LogP contribution in [0.25, 0.3) is 11.4 Å². The molecule has 0 spiro atoms. The van der Waals surface area contributed by atoms with Crippen molar-refractivity contribution in [2.45, 2.75) is 32.9 Å². The van der Waals surface area contributed by atoms with Crippen LogP contribution in [0.5, 0.6) is 0 Å². The number of halogens is 1. The van der Waals surface area contributed by atoms with E-state index in [0.29, 0.717) is 35.7 Å². The maximum Gasteiger partial charge on any atom is 0.415 e. The summed E-state index contributed by atoms with van der Waals surface area (Å²) in [4.78, 5) is 26.7. The van der Waals surface area contributed by atoms with Gasteiger partial charge in [0.1, 0.15) is 24.3 Å². The summed E-state index contributed by atoms with van der Waals surface area (Å²) in [6.45, 7) is 6.19. The Morgan fingerprint density at radius 1 is 1.17 bits per heavy atom. The van der Waals surface area contributed by atoms with Crippen molar-refractivity contribution < 1.29 is 18.4 Å². The van der Waals surface area contributed by atoms with Crippen LogP contribution in [0.2, 0.25) is 0 Å². The average Bonchev–Trinajstić information content (AvgIpc) is 3.36. The Labute approximate surface area is 172 Å². The highest BCUT2D eigenvalue weighted by Gasteiger charge is 2.37. The van der Waals surface area contributed by atoms with Gasteiger partial charge in [-0.25, -0.2) is 14.2 Å². The number of rotatable bonds is 6.